The van der Waals surface area contributed by atoms with E-state index in [0.29, 0.717) is 19.6 Å². The number of ether oxygens (including phenoxy) is 2. The Balaban J connectivity index is 1.70. The zero-order valence-electron chi connectivity index (χ0n) is 14.9. The van der Waals surface area contributed by atoms with Gasteiger partial charge in [0.2, 0.25) is 0 Å². The highest BCUT2D eigenvalue weighted by Crippen LogP contribution is 2.37. The van der Waals surface area contributed by atoms with E-state index in [1.807, 2.05) is 60.0 Å². The van der Waals surface area contributed by atoms with Gasteiger partial charge in [-0.25, -0.2) is 0 Å². The van der Waals surface area contributed by atoms with Crippen LogP contribution in [-0.4, -0.2) is 18.3 Å². The molecule has 2 atom stereocenters. The molecule has 0 radical (unpaired) electrons. The molecule has 0 spiro atoms. The summed E-state index contributed by atoms with van der Waals surface area (Å²) in [6.07, 6.45) is -0.309. The normalized spacial score (nSPS) is 21.8. The lowest BCUT2D eigenvalue weighted by Crippen LogP contribution is -2.43. The van der Waals surface area contributed by atoms with Gasteiger partial charge in [0.1, 0.15) is 31.1 Å². The van der Waals surface area contributed by atoms with Crippen LogP contribution < -0.4 is 9.47 Å². The van der Waals surface area contributed by atoms with Crippen molar-refractivity contribution in [3.05, 3.63) is 85.7 Å². The molecule has 2 unspecified atom stereocenters. The Morgan fingerprint density at radius 2 is 1.96 bits per heavy atom. The number of hydroxylamine groups is 3. The Morgan fingerprint density at radius 1 is 1.19 bits per heavy atom. The molecule has 2 heterocycles. The van der Waals surface area contributed by atoms with Crippen LogP contribution in [0.5, 0.6) is 11.5 Å². The van der Waals surface area contributed by atoms with E-state index in [1.54, 1.807) is 18.4 Å². The fourth-order valence-electron chi connectivity index (χ4n) is 3.43. The Kier molecular flexibility index (Phi) is 5.23. The molecule has 0 fully saturated rings. The van der Waals surface area contributed by atoms with Gasteiger partial charge in [-0.1, -0.05) is 24.3 Å². The number of methoxy groups -OCH3 is 1. The standard InChI is InChI=1S/C21H20BrNO3S/c1-25-17-8-6-15(7-9-17)20-13-23(24,14-21-18(22)10-11-27-21)12-16-4-2-3-5-19(16)26-20/h2-11,20H,12-14H2,1H3. The van der Waals surface area contributed by atoms with Gasteiger partial charge in [-0.05, 0) is 57.2 Å². The number of benzene rings is 2. The Hall–Kier alpha value is -1.86. The van der Waals surface area contributed by atoms with Crippen LogP contribution in [0.25, 0.3) is 0 Å². The second kappa shape index (κ2) is 7.64. The summed E-state index contributed by atoms with van der Waals surface area (Å²) in [6, 6.07) is 17.6. The fourth-order valence-corrected chi connectivity index (χ4v) is 5.00. The second-order valence-electron chi connectivity index (χ2n) is 6.74. The molecule has 0 N–H and O–H groups in total. The van der Waals surface area contributed by atoms with Gasteiger partial charge in [-0.2, -0.15) is 0 Å². The average Bonchev–Trinajstić information content (AvgIpc) is 2.99. The van der Waals surface area contributed by atoms with Crippen LogP contribution in [0.2, 0.25) is 0 Å². The van der Waals surface area contributed by atoms with Crippen molar-refractivity contribution in [2.24, 2.45) is 0 Å². The lowest BCUT2D eigenvalue weighted by Gasteiger charge is -2.42. The van der Waals surface area contributed by atoms with Gasteiger partial charge in [0.15, 0.2) is 6.10 Å². The number of para-hydroxylation sites is 1. The van der Waals surface area contributed by atoms with Crippen molar-refractivity contribution in [3.8, 4) is 11.5 Å². The second-order valence-corrected chi connectivity index (χ2v) is 8.59. The van der Waals surface area contributed by atoms with Crippen molar-refractivity contribution in [3.63, 3.8) is 0 Å². The first-order valence-electron chi connectivity index (χ1n) is 8.74. The summed E-state index contributed by atoms with van der Waals surface area (Å²) in [6.45, 7) is 1.17. The van der Waals surface area contributed by atoms with Crippen LogP contribution in [0.4, 0.5) is 0 Å². The summed E-state index contributed by atoms with van der Waals surface area (Å²) in [5, 5.41) is 15.9. The predicted molar refractivity (Wildman–Crippen MR) is 111 cm³/mol. The highest BCUT2D eigenvalue weighted by molar-refractivity contribution is 9.10. The number of thiophene rings is 1. The highest BCUT2D eigenvalue weighted by atomic mass is 79.9. The molecule has 3 aromatic rings. The third kappa shape index (κ3) is 4.04. The van der Waals surface area contributed by atoms with E-state index in [9.17, 15) is 5.21 Å². The number of quaternary nitrogens is 1. The van der Waals surface area contributed by atoms with Gasteiger partial charge in [0.25, 0.3) is 0 Å². The lowest BCUT2D eigenvalue weighted by atomic mass is 10.1. The molecule has 0 saturated heterocycles. The first-order valence-corrected chi connectivity index (χ1v) is 10.4. The van der Waals surface area contributed by atoms with E-state index in [-0.39, 0.29) is 10.8 Å². The molecule has 27 heavy (non-hydrogen) atoms. The summed E-state index contributed by atoms with van der Waals surface area (Å²) in [4.78, 5) is 1.07. The van der Waals surface area contributed by atoms with E-state index in [0.717, 1.165) is 32.0 Å². The molecule has 1 aliphatic rings. The molecule has 0 aliphatic carbocycles. The zero-order chi connectivity index (χ0) is 18.9. The summed E-state index contributed by atoms with van der Waals surface area (Å²) >= 11 is 5.17. The van der Waals surface area contributed by atoms with E-state index in [2.05, 4.69) is 15.9 Å². The fraction of sp³-hybridized carbons (Fsp3) is 0.238. The monoisotopic (exact) mass is 445 g/mol. The van der Waals surface area contributed by atoms with Gasteiger partial charge in [-0.3, -0.25) is 0 Å². The van der Waals surface area contributed by atoms with Crippen LogP contribution >= 0.6 is 27.3 Å². The largest absolute Gasteiger partial charge is 0.632 e. The summed E-state index contributed by atoms with van der Waals surface area (Å²) in [5.74, 6) is 1.58. The van der Waals surface area contributed by atoms with Gasteiger partial charge < -0.3 is 19.3 Å². The van der Waals surface area contributed by atoms with Crippen molar-refractivity contribution in [1.29, 1.82) is 0 Å². The van der Waals surface area contributed by atoms with Crippen molar-refractivity contribution < 1.29 is 14.1 Å². The smallest absolute Gasteiger partial charge is 0.173 e. The van der Waals surface area contributed by atoms with Crippen molar-refractivity contribution >= 4 is 27.3 Å². The minimum Gasteiger partial charge on any atom is -0.632 e. The van der Waals surface area contributed by atoms with Gasteiger partial charge >= 0.3 is 0 Å². The Morgan fingerprint density at radius 3 is 2.67 bits per heavy atom. The molecule has 0 bridgehead atoms. The van der Waals surface area contributed by atoms with Gasteiger partial charge in [0.05, 0.1) is 12.0 Å². The predicted octanol–water partition coefficient (Wildman–Crippen LogP) is 5.67. The zero-order valence-corrected chi connectivity index (χ0v) is 17.3. The first kappa shape index (κ1) is 18.5. The Bertz CT molecular complexity index is 927. The third-order valence-electron chi connectivity index (χ3n) is 4.81. The molecule has 1 aliphatic heterocycles. The quantitative estimate of drug-likeness (QED) is 0.383. The maximum absolute atomic E-state index is 13.8. The SMILES string of the molecule is COc1ccc(C2C[N+]([O-])(Cc3sccc3Br)Cc3ccccc3O2)cc1. The number of hydrogen-bond donors (Lipinski definition) is 0. The maximum atomic E-state index is 13.8. The molecular formula is C21H20BrNO3S. The molecule has 2 aromatic carbocycles. The van der Waals surface area contributed by atoms with Gasteiger partial charge in [-0.15, -0.1) is 11.3 Å². The summed E-state index contributed by atoms with van der Waals surface area (Å²) < 4.78 is 12.2. The van der Waals surface area contributed by atoms with Gasteiger partial charge in [0, 0.05) is 10.0 Å². The van der Waals surface area contributed by atoms with E-state index in [4.69, 9.17) is 9.47 Å². The molecule has 140 valence electrons. The third-order valence-corrected chi connectivity index (χ3v) is 6.72. The van der Waals surface area contributed by atoms with Crippen LogP contribution in [0.15, 0.2) is 64.5 Å². The van der Waals surface area contributed by atoms with E-state index >= 15 is 0 Å². The molecule has 6 heteroatoms. The van der Waals surface area contributed by atoms with Crippen molar-refractivity contribution in [1.82, 2.24) is 0 Å². The number of halogens is 1. The van der Waals surface area contributed by atoms with Crippen LogP contribution in [-0.2, 0) is 13.1 Å². The summed E-state index contributed by atoms with van der Waals surface area (Å²) in [5.41, 5.74) is 1.94. The van der Waals surface area contributed by atoms with Crippen LogP contribution in [0.1, 0.15) is 22.1 Å². The Labute approximate surface area is 171 Å². The van der Waals surface area contributed by atoms with Crippen molar-refractivity contribution in [2.45, 2.75) is 19.2 Å². The van der Waals surface area contributed by atoms with E-state index < -0.39 is 0 Å². The van der Waals surface area contributed by atoms with E-state index in [1.165, 1.54) is 0 Å². The molecule has 0 amide bonds. The number of fused-ring (bicyclic) bond motifs is 1. The lowest BCUT2D eigenvalue weighted by molar-refractivity contribution is -0.909. The molecule has 4 rings (SSSR count). The number of hydrogen-bond acceptors (Lipinski definition) is 4. The number of nitrogens with zero attached hydrogens (tertiary/aromatic N) is 1. The molecule has 1 aromatic heterocycles. The topological polar surface area (TPSA) is 41.5 Å². The maximum Gasteiger partial charge on any atom is 0.173 e. The average molecular weight is 446 g/mol. The molecule has 0 saturated carbocycles. The van der Waals surface area contributed by atoms with Crippen LogP contribution in [0, 0.1) is 5.21 Å². The minimum atomic E-state index is -0.354. The first-order chi connectivity index (χ1) is 13.1. The molecular weight excluding hydrogens is 426 g/mol. The van der Waals surface area contributed by atoms with Crippen LogP contribution in [0.3, 0.4) is 0 Å². The molecule has 4 nitrogen and oxygen atoms in total. The number of rotatable bonds is 4. The highest BCUT2D eigenvalue weighted by Gasteiger charge is 2.32. The summed E-state index contributed by atoms with van der Waals surface area (Å²) in [7, 11) is 1.64. The van der Waals surface area contributed by atoms with Crippen molar-refractivity contribution in [2.75, 3.05) is 13.7 Å². The minimum absolute atomic E-state index is 0.309.